The molecule has 6 heteroatoms. The lowest BCUT2D eigenvalue weighted by molar-refractivity contribution is 0.475. The van der Waals surface area contributed by atoms with Crippen LogP contribution in [0, 0.1) is 4.91 Å². The van der Waals surface area contributed by atoms with Crippen LogP contribution in [0.1, 0.15) is 0 Å². The van der Waals surface area contributed by atoms with Crippen LogP contribution >= 0.6 is 0 Å². The number of nitrogens with zero attached hydrogens (tertiary/aromatic N) is 1. The lowest BCUT2D eigenvalue weighted by Gasteiger charge is -1.96. The SMILES string of the molecule is O=N[B-](F)(F)F. The summed E-state index contributed by atoms with van der Waals surface area (Å²) in [6.07, 6.45) is 0. The van der Waals surface area contributed by atoms with E-state index in [1.54, 1.807) is 0 Å². The maximum absolute atomic E-state index is 10.4. The summed E-state index contributed by atoms with van der Waals surface area (Å²) in [4.78, 5) is 8.48. The summed E-state index contributed by atoms with van der Waals surface area (Å²) in [6.45, 7) is 0. The number of nitroso groups, excluding NO2 is 1. The van der Waals surface area contributed by atoms with Crippen LogP contribution in [0.25, 0.3) is 0 Å². The van der Waals surface area contributed by atoms with E-state index < -0.39 is 7.11 Å². The van der Waals surface area contributed by atoms with Crippen molar-refractivity contribution < 1.29 is 12.9 Å². The van der Waals surface area contributed by atoms with Crippen LogP contribution in [0.3, 0.4) is 0 Å². The smallest absolute Gasteiger partial charge is 0.425 e. The van der Waals surface area contributed by atoms with Crippen LogP contribution in [-0.4, -0.2) is 7.11 Å². The zero-order valence-electron chi connectivity index (χ0n) is 2.57. The van der Waals surface area contributed by atoms with Crippen molar-refractivity contribution in [2.24, 2.45) is 5.09 Å². The second kappa shape index (κ2) is 1.28. The van der Waals surface area contributed by atoms with E-state index in [0.717, 1.165) is 5.09 Å². The van der Waals surface area contributed by atoms with E-state index in [9.17, 15) is 12.9 Å². The topological polar surface area (TPSA) is 29.4 Å². The fourth-order valence-electron chi connectivity index (χ4n) is 0. The van der Waals surface area contributed by atoms with Crippen LogP contribution in [0.4, 0.5) is 12.9 Å². The van der Waals surface area contributed by atoms with Gasteiger partial charge in [0.05, 0.1) is 0 Å². The second-order valence-corrected chi connectivity index (χ2v) is 0.646. The molecule has 2 nitrogen and oxygen atoms in total. The molecule has 0 N–H and O–H groups in total. The number of hydrogen-bond donors (Lipinski definition) is 0. The van der Waals surface area contributed by atoms with Crippen molar-refractivity contribution in [2.75, 3.05) is 0 Å². The normalized spacial score (nSPS) is 11.2. The van der Waals surface area contributed by atoms with Crippen LogP contribution in [0.5, 0.6) is 0 Å². The Kier molecular flexibility index (Phi) is 1.16. The van der Waals surface area contributed by atoms with Crippen molar-refractivity contribution in [2.45, 2.75) is 0 Å². The van der Waals surface area contributed by atoms with Crippen molar-refractivity contribution in [3.63, 3.8) is 0 Å². The van der Waals surface area contributed by atoms with Gasteiger partial charge in [0.15, 0.2) is 0 Å². The van der Waals surface area contributed by atoms with Crippen molar-refractivity contribution in [1.29, 1.82) is 0 Å². The van der Waals surface area contributed by atoms with Crippen molar-refractivity contribution in [3.05, 3.63) is 4.91 Å². The van der Waals surface area contributed by atoms with Crippen LogP contribution in [0.2, 0.25) is 0 Å². The minimum absolute atomic E-state index is 0.833. The first kappa shape index (κ1) is 5.45. The highest BCUT2D eigenvalue weighted by molar-refractivity contribution is 6.56. The average molecular weight is 97.8 g/mol. The second-order valence-electron chi connectivity index (χ2n) is 0.646. The first-order valence-electron chi connectivity index (χ1n) is 1.10. The molecule has 0 bridgehead atoms. The minimum Gasteiger partial charge on any atom is -0.425 e. The zero-order chi connectivity index (χ0) is 5.21. The molecule has 0 aliphatic rings. The predicted octanol–water partition coefficient (Wildman–Crippen LogP) is 1.10. The molecule has 0 heterocycles. The van der Waals surface area contributed by atoms with Gasteiger partial charge in [0.1, 0.15) is 0 Å². The summed E-state index contributed by atoms with van der Waals surface area (Å²) >= 11 is 0. The molecule has 0 radical (unpaired) electrons. The molecule has 0 rings (SSSR count). The maximum atomic E-state index is 10.4. The third-order valence-electron chi connectivity index (χ3n) is 0.120. The molecule has 0 unspecified atom stereocenters. The lowest BCUT2D eigenvalue weighted by atomic mass is 10.2. The fraction of sp³-hybridized carbons (Fsp3) is 0. The maximum Gasteiger partial charge on any atom is 0.648 e. The molecule has 0 aliphatic heterocycles. The Hall–Kier alpha value is -0.545. The highest BCUT2D eigenvalue weighted by Crippen LogP contribution is 2.06. The zero-order valence-corrected chi connectivity index (χ0v) is 2.57. The number of halogens is 3. The van der Waals surface area contributed by atoms with Gasteiger partial charge < -0.3 is 12.9 Å². The highest BCUT2D eigenvalue weighted by atomic mass is 19.4. The summed E-state index contributed by atoms with van der Waals surface area (Å²) in [7, 11) is -5.42. The molecule has 36 valence electrons. The summed E-state index contributed by atoms with van der Waals surface area (Å²) in [6, 6.07) is 0. The number of hydrogen-bond acceptors (Lipinski definition) is 2. The summed E-state index contributed by atoms with van der Waals surface area (Å²) < 4.78 is 31.1. The Labute approximate surface area is 31.4 Å². The first-order valence-corrected chi connectivity index (χ1v) is 1.10. The van der Waals surface area contributed by atoms with E-state index in [1.807, 2.05) is 0 Å². The Morgan fingerprint density at radius 2 is 1.50 bits per heavy atom. The summed E-state index contributed by atoms with van der Waals surface area (Å²) in [5, 5.41) is 0.833. The molecule has 0 saturated carbocycles. The molecule has 0 aliphatic carbocycles. The van der Waals surface area contributed by atoms with Crippen LogP contribution < -0.4 is 0 Å². The van der Waals surface area contributed by atoms with Crippen LogP contribution in [0.15, 0.2) is 5.09 Å². The largest absolute Gasteiger partial charge is 0.648 e. The van der Waals surface area contributed by atoms with Gasteiger partial charge in [0, 0.05) is 0 Å². The quantitative estimate of drug-likeness (QED) is 0.356. The van der Waals surface area contributed by atoms with Crippen molar-refractivity contribution in [3.8, 4) is 0 Å². The monoisotopic (exact) mass is 98.0 g/mol. The van der Waals surface area contributed by atoms with Gasteiger partial charge in [-0.1, -0.05) is 0 Å². The molecule has 0 aromatic rings. The van der Waals surface area contributed by atoms with Gasteiger partial charge in [-0.2, -0.15) is 9.99 Å². The molecule has 0 fully saturated rings. The van der Waals surface area contributed by atoms with E-state index in [2.05, 4.69) is 0 Å². The molecule has 0 amide bonds. The van der Waals surface area contributed by atoms with E-state index in [1.165, 1.54) is 0 Å². The number of rotatable bonds is 1. The molecule has 0 aromatic carbocycles. The Bertz CT molecular complexity index is 56.3. The Balaban J connectivity index is 3.45. The van der Waals surface area contributed by atoms with Gasteiger partial charge in [-0.05, 0) is 0 Å². The molecular weight excluding hydrogens is 97.8 g/mol. The van der Waals surface area contributed by atoms with E-state index in [4.69, 9.17) is 4.91 Å². The fourth-order valence-corrected chi connectivity index (χ4v) is 0. The van der Waals surface area contributed by atoms with Gasteiger partial charge in [0.2, 0.25) is 0 Å². The Morgan fingerprint density at radius 3 is 1.50 bits per heavy atom. The van der Waals surface area contributed by atoms with Gasteiger partial charge >= 0.3 is 7.11 Å². The van der Waals surface area contributed by atoms with Gasteiger partial charge in [-0.15, -0.1) is 0 Å². The van der Waals surface area contributed by atoms with E-state index >= 15 is 0 Å². The first-order chi connectivity index (χ1) is 2.56. The van der Waals surface area contributed by atoms with Crippen molar-refractivity contribution >= 4 is 7.11 Å². The molecular formula is BF3NO-. The van der Waals surface area contributed by atoms with Gasteiger partial charge in [0.25, 0.3) is 0 Å². The summed E-state index contributed by atoms with van der Waals surface area (Å²) in [5.41, 5.74) is 0. The van der Waals surface area contributed by atoms with Crippen molar-refractivity contribution in [1.82, 2.24) is 0 Å². The molecule has 6 heavy (non-hydrogen) atoms. The van der Waals surface area contributed by atoms with Gasteiger partial charge in [-0.3, -0.25) is 0 Å². The molecule has 0 aromatic heterocycles. The lowest BCUT2D eigenvalue weighted by Crippen LogP contribution is -2.08. The predicted molar refractivity (Wildman–Crippen MR) is 14.9 cm³/mol. The highest BCUT2D eigenvalue weighted by Gasteiger charge is 2.23. The Morgan fingerprint density at radius 1 is 1.33 bits per heavy atom. The molecule has 0 saturated heterocycles. The molecule has 0 atom stereocenters. The minimum atomic E-state index is -5.42. The van der Waals surface area contributed by atoms with E-state index in [-0.39, 0.29) is 0 Å². The third-order valence-corrected chi connectivity index (χ3v) is 0.120. The third kappa shape index (κ3) is 3.45. The standard InChI is InChI=1S/BF3NO/c2-1(3,4)5-6/q-1. The van der Waals surface area contributed by atoms with E-state index in [0.29, 0.717) is 0 Å². The summed E-state index contributed by atoms with van der Waals surface area (Å²) in [5.74, 6) is 0. The van der Waals surface area contributed by atoms with Crippen LogP contribution in [-0.2, 0) is 0 Å². The average Bonchev–Trinajstić information content (AvgIpc) is 1.35. The van der Waals surface area contributed by atoms with Gasteiger partial charge in [-0.25, -0.2) is 0 Å². The molecule has 0 spiro atoms.